The van der Waals surface area contributed by atoms with Crippen LogP contribution in [0.25, 0.3) is 6.08 Å². The number of nitrogens with zero attached hydrogens (tertiary/aromatic N) is 1. The van der Waals surface area contributed by atoms with Crippen LogP contribution in [0.4, 0.5) is 0 Å². The first-order valence-corrected chi connectivity index (χ1v) is 9.09. The van der Waals surface area contributed by atoms with Crippen molar-refractivity contribution in [2.24, 2.45) is 5.16 Å². The molecular weight excluding hydrogens is 398 g/mol. The molecule has 0 aliphatic carbocycles. The summed E-state index contributed by atoms with van der Waals surface area (Å²) < 4.78 is 12.1. The first kappa shape index (κ1) is 18.2. The Balaban J connectivity index is 2.03. The van der Waals surface area contributed by atoms with E-state index in [1.54, 1.807) is 6.08 Å². The largest absolute Gasteiger partial charge is 0.490 e. The Kier molecular flexibility index (Phi) is 5.73. The molecule has 0 aromatic heterocycles. The molecule has 26 heavy (non-hydrogen) atoms. The Morgan fingerprint density at radius 3 is 2.54 bits per heavy atom. The highest BCUT2D eigenvalue weighted by molar-refractivity contribution is 9.10. The predicted molar refractivity (Wildman–Crippen MR) is 104 cm³/mol. The van der Waals surface area contributed by atoms with Gasteiger partial charge in [-0.25, -0.2) is 4.79 Å². The van der Waals surface area contributed by atoms with Crippen molar-refractivity contribution in [3.8, 4) is 11.5 Å². The Labute approximate surface area is 160 Å². The molecule has 1 aliphatic rings. The molecule has 0 radical (unpaired) electrons. The van der Waals surface area contributed by atoms with Gasteiger partial charge in [-0.15, -0.1) is 0 Å². The van der Waals surface area contributed by atoms with E-state index in [-0.39, 0.29) is 0 Å². The van der Waals surface area contributed by atoms with E-state index in [9.17, 15) is 4.79 Å². The van der Waals surface area contributed by atoms with Gasteiger partial charge in [-0.3, -0.25) is 0 Å². The van der Waals surface area contributed by atoms with Crippen molar-refractivity contribution < 1.29 is 19.1 Å². The zero-order valence-corrected chi connectivity index (χ0v) is 16.1. The second-order valence-corrected chi connectivity index (χ2v) is 6.29. The fourth-order valence-electron chi connectivity index (χ4n) is 2.60. The minimum Gasteiger partial charge on any atom is -0.490 e. The van der Waals surface area contributed by atoms with E-state index in [4.69, 9.17) is 14.3 Å². The highest BCUT2D eigenvalue weighted by Gasteiger charge is 2.27. The molecule has 0 N–H and O–H groups in total. The topological polar surface area (TPSA) is 57.1 Å². The van der Waals surface area contributed by atoms with Crippen LogP contribution in [-0.2, 0) is 9.63 Å². The Morgan fingerprint density at radius 2 is 1.85 bits per heavy atom. The highest BCUT2D eigenvalue weighted by Crippen LogP contribution is 2.38. The number of carbonyl (C=O) groups is 1. The molecule has 3 rings (SSSR count). The third-order valence-electron chi connectivity index (χ3n) is 3.67. The molecule has 0 saturated carbocycles. The first-order chi connectivity index (χ1) is 12.6. The maximum Gasteiger partial charge on any atom is 0.368 e. The molecule has 0 fully saturated rings. The van der Waals surface area contributed by atoms with Gasteiger partial charge >= 0.3 is 5.97 Å². The van der Waals surface area contributed by atoms with Crippen LogP contribution < -0.4 is 9.47 Å². The number of hydrogen-bond donors (Lipinski definition) is 0. The molecule has 0 spiro atoms. The van der Waals surface area contributed by atoms with Gasteiger partial charge in [0.2, 0.25) is 0 Å². The zero-order chi connectivity index (χ0) is 18.5. The normalized spacial score (nSPS) is 15.0. The van der Waals surface area contributed by atoms with Gasteiger partial charge in [-0.2, -0.15) is 0 Å². The van der Waals surface area contributed by atoms with E-state index >= 15 is 0 Å². The molecule has 0 bridgehead atoms. The maximum absolute atomic E-state index is 12.2. The summed E-state index contributed by atoms with van der Waals surface area (Å²) in [5.41, 5.74) is 2.51. The fraction of sp³-hybridized carbons (Fsp3) is 0.200. The number of benzene rings is 2. The molecule has 0 amide bonds. The highest BCUT2D eigenvalue weighted by atomic mass is 79.9. The van der Waals surface area contributed by atoms with E-state index in [2.05, 4.69) is 21.1 Å². The summed E-state index contributed by atoms with van der Waals surface area (Å²) >= 11 is 3.51. The van der Waals surface area contributed by atoms with Crippen molar-refractivity contribution >= 4 is 33.7 Å². The van der Waals surface area contributed by atoms with Crippen LogP contribution in [0, 0.1) is 0 Å². The fourth-order valence-corrected chi connectivity index (χ4v) is 3.17. The van der Waals surface area contributed by atoms with Crippen molar-refractivity contribution in [2.75, 3.05) is 13.2 Å². The van der Waals surface area contributed by atoms with Gasteiger partial charge in [-0.1, -0.05) is 35.5 Å². The molecule has 2 aromatic rings. The molecule has 0 saturated heterocycles. The molecule has 2 aromatic carbocycles. The molecule has 0 atom stereocenters. The van der Waals surface area contributed by atoms with Crippen LogP contribution >= 0.6 is 15.9 Å². The molecule has 5 nitrogen and oxygen atoms in total. The molecule has 1 heterocycles. The van der Waals surface area contributed by atoms with Crippen molar-refractivity contribution in [3.05, 3.63) is 63.6 Å². The summed E-state index contributed by atoms with van der Waals surface area (Å²) in [7, 11) is 0. The van der Waals surface area contributed by atoms with Crippen LogP contribution in [0.15, 0.2) is 57.7 Å². The monoisotopic (exact) mass is 415 g/mol. The van der Waals surface area contributed by atoms with Crippen molar-refractivity contribution in [3.63, 3.8) is 0 Å². The lowest BCUT2D eigenvalue weighted by atomic mass is 10.0. The second kappa shape index (κ2) is 8.19. The van der Waals surface area contributed by atoms with E-state index < -0.39 is 5.97 Å². The van der Waals surface area contributed by atoms with Crippen molar-refractivity contribution in [1.82, 2.24) is 0 Å². The quantitative estimate of drug-likeness (QED) is 0.511. The summed E-state index contributed by atoms with van der Waals surface area (Å²) in [4.78, 5) is 17.0. The molecular formula is C20H18BrNO4. The summed E-state index contributed by atoms with van der Waals surface area (Å²) in [6, 6.07) is 13.2. The molecule has 6 heteroatoms. The second-order valence-electron chi connectivity index (χ2n) is 5.44. The van der Waals surface area contributed by atoms with Crippen LogP contribution in [0.3, 0.4) is 0 Å². The van der Waals surface area contributed by atoms with E-state index in [0.29, 0.717) is 36.0 Å². The van der Waals surface area contributed by atoms with E-state index in [0.717, 1.165) is 15.6 Å². The zero-order valence-electron chi connectivity index (χ0n) is 14.5. The van der Waals surface area contributed by atoms with E-state index in [1.807, 2.05) is 56.3 Å². The summed E-state index contributed by atoms with van der Waals surface area (Å²) in [6.07, 6.45) is 1.74. The first-order valence-electron chi connectivity index (χ1n) is 8.30. The number of oxime groups is 1. The standard InChI is InChI=1S/C20H18BrNO4/c1-3-24-17-12-13(11-16(21)19(17)25-4-2)10-15-18(22-26-20(15)23)14-8-6-5-7-9-14/h5-12H,3-4H2,1-2H3/b15-10-. The SMILES string of the molecule is CCOc1cc(/C=C2\C(=O)ON=C2c2ccccc2)cc(Br)c1OCC. The van der Waals surface area contributed by atoms with Gasteiger partial charge in [0.15, 0.2) is 11.5 Å². The van der Waals surface area contributed by atoms with E-state index in [1.165, 1.54) is 0 Å². The van der Waals surface area contributed by atoms with Crippen molar-refractivity contribution in [1.29, 1.82) is 0 Å². The third-order valence-corrected chi connectivity index (χ3v) is 4.26. The van der Waals surface area contributed by atoms with Gasteiger partial charge < -0.3 is 14.3 Å². The van der Waals surface area contributed by atoms with Crippen molar-refractivity contribution in [2.45, 2.75) is 13.8 Å². The Morgan fingerprint density at radius 1 is 1.12 bits per heavy atom. The van der Waals surface area contributed by atoms with Gasteiger partial charge in [-0.05, 0) is 53.5 Å². The molecule has 134 valence electrons. The van der Waals surface area contributed by atoms with Gasteiger partial charge in [0.25, 0.3) is 0 Å². The minimum absolute atomic E-state index is 0.398. The van der Waals surface area contributed by atoms with Gasteiger partial charge in [0.1, 0.15) is 5.71 Å². The number of carbonyl (C=O) groups excluding carboxylic acids is 1. The summed E-state index contributed by atoms with van der Waals surface area (Å²) in [5, 5.41) is 3.92. The van der Waals surface area contributed by atoms with Crippen LogP contribution in [0.1, 0.15) is 25.0 Å². The van der Waals surface area contributed by atoms with Gasteiger partial charge in [0, 0.05) is 5.56 Å². The average Bonchev–Trinajstić information content (AvgIpc) is 3.00. The van der Waals surface area contributed by atoms with Gasteiger partial charge in [0.05, 0.1) is 23.3 Å². The van der Waals surface area contributed by atoms with Crippen LogP contribution in [0.2, 0.25) is 0 Å². The predicted octanol–water partition coefficient (Wildman–Crippen LogP) is 4.59. The van der Waals surface area contributed by atoms with Crippen LogP contribution in [-0.4, -0.2) is 24.9 Å². The summed E-state index contributed by atoms with van der Waals surface area (Å²) in [6.45, 7) is 4.85. The van der Waals surface area contributed by atoms with Crippen LogP contribution in [0.5, 0.6) is 11.5 Å². The molecule has 1 aliphatic heterocycles. The lowest BCUT2D eigenvalue weighted by molar-refractivity contribution is -0.136. The third kappa shape index (κ3) is 3.80. The lowest BCUT2D eigenvalue weighted by Gasteiger charge is -2.13. The smallest absolute Gasteiger partial charge is 0.368 e. The number of rotatable bonds is 6. The Bertz CT molecular complexity index is 875. The summed E-state index contributed by atoms with van der Waals surface area (Å²) in [5.74, 6) is 0.773. The minimum atomic E-state index is -0.480. The number of halogens is 1. The molecule has 0 unspecified atom stereocenters. The number of ether oxygens (including phenoxy) is 2. The lowest BCUT2D eigenvalue weighted by Crippen LogP contribution is -2.07. The average molecular weight is 416 g/mol. The Hall–Kier alpha value is -2.60. The number of hydrogen-bond acceptors (Lipinski definition) is 5. The maximum atomic E-state index is 12.2.